The molecule has 0 radical (unpaired) electrons. The Bertz CT molecular complexity index is 731. The summed E-state index contributed by atoms with van der Waals surface area (Å²) in [5.41, 5.74) is 4.90. The van der Waals surface area contributed by atoms with Crippen LogP contribution in [0.25, 0.3) is 0 Å². The number of hydrogen-bond acceptors (Lipinski definition) is 2. The van der Waals surface area contributed by atoms with Gasteiger partial charge in [0.15, 0.2) is 0 Å². The molecule has 0 aromatic heterocycles. The molecular weight excluding hydrogens is 296 g/mol. The Morgan fingerprint density at radius 2 is 1.58 bits per heavy atom. The molecule has 1 unspecified atom stereocenters. The second kappa shape index (κ2) is 6.06. The number of likely N-dealkylation sites (N-methyl/N-ethyl adjacent to an activating group) is 1. The van der Waals surface area contributed by atoms with Crippen LogP contribution in [0.1, 0.15) is 48.5 Å². The Balaban J connectivity index is 1.66. The van der Waals surface area contributed by atoms with E-state index in [0.717, 1.165) is 18.0 Å². The van der Waals surface area contributed by atoms with E-state index in [2.05, 4.69) is 60.4 Å². The van der Waals surface area contributed by atoms with E-state index in [-0.39, 0.29) is 12.1 Å². The van der Waals surface area contributed by atoms with E-state index >= 15 is 0 Å². The summed E-state index contributed by atoms with van der Waals surface area (Å²) < 4.78 is 0. The quantitative estimate of drug-likeness (QED) is 0.846. The maximum atomic E-state index is 12.6. The summed E-state index contributed by atoms with van der Waals surface area (Å²) in [4.78, 5) is 16.7. The number of hydrogen-bond donors (Lipinski definition) is 0. The topological polar surface area (TPSA) is 23.6 Å². The van der Waals surface area contributed by atoms with Crippen LogP contribution in [-0.4, -0.2) is 24.4 Å². The van der Waals surface area contributed by atoms with Gasteiger partial charge in [0.05, 0.1) is 6.54 Å². The smallest absolute Gasteiger partial charge is 0.242 e. The van der Waals surface area contributed by atoms with E-state index < -0.39 is 0 Å². The molecule has 1 heterocycles. The minimum atomic E-state index is -0.0155. The van der Waals surface area contributed by atoms with Crippen molar-refractivity contribution >= 4 is 11.6 Å². The van der Waals surface area contributed by atoms with E-state index in [1.165, 1.54) is 29.5 Å². The Morgan fingerprint density at radius 3 is 2.17 bits per heavy atom. The minimum absolute atomic E-state index is 0.0155. The Labute approximate surface area is 143 Å². The molecule has 124 valence electrons. The van der Waals surface area contributed by atoms with Crippen molar-refractivity contribution in [1.29, 1.82) is 0 Å². The first-order valence-corrected chi connectivity index (χ1v) is 8.88. The first kappa shape index (κ1) is 15.4. The Kier molecular flexibility index (Phi) is 3.89. The number of benzene rings is 2. The van der Waals surface area contributed by atoms with Gasteiger partial charge in [-0.3, -0.25) is 14.6 Å². The zero-order valence-electron chi connectivity index (χ0n) is 14.4. The maximum absolute atomic E-state index is 12.6. The van der Waals surface area contributed by atoms with E-state index in [9.17, 15) is 4.79 Å². The van der Waals surface area contributed by atoms with Gasteiger partial charge >= 0.3 is 0 Å². The number of nitrogens with zero attached hydrogens (tertiary/aromatic N) is 2. The summed E-state index contributed by atoms with van der Waals surface area (Å²) in [6.45, 7) is 2.61. The fourth-order valence-corrected chi connectivity index (χ4v) is 3.65. The number of aryl methyl sites for hydroxylation is 1. The SMILES string of the molecule is CCc1ccc(N2C(=O)CN(C)C2c2ccc(C3CC3)cc2)cc1. The molecule has 2 fully saturated rings. The van der Waals surface area contributed by atoms with E-state index in [1.807, 2.05) is 11.9 Å². The van der Waals surface area contributed by atoms with E-state index in [4.69, 9.17) is 0 Å². The van der Waals surface area contributed by atoms with Gasteiger partial charge in [0, 0.05) is 5.69 Å². The van der Waals surface area contributed by atoms with Gasteiger partial charge < -0.3 is 0 Å². The van der Waals surface area contributed by atoms with Crippen molar-refractivity contribution in [3.8, 4) is 0 Å². The molecule has 1 saturated carbocycles. The van der Waals surface area contributed by atoms with Gasteiger partial charge in [-0.05, 0) is 61.1 Å². The highest BCUT2D eigenvalue weighted by atomic mass is 16.2. The summed E-state index contributed by atoms with van der Waals surface area (Å²) in [6, 6.07) is 17.2. The van der Waals surface area contributed by atoms with Gasteiger partial charge in [-0.25, -0.2) is 0 Å². The van der Waals surface area contributed by atoms with Crippen LogP contribution in [0, 0.1) is 0 Å². The second-order valence-electron chi connectivity index (χ2n) is 7.01. The van der Waals surface area contributed by atoms with Crippen molar-refractivity contribution in [3.63, 3.8) is 0 Å². The van der Waals surface area contributed by atoms with Crippen LogP contribution in [0.15, 0.2) is 48.5 Å². The molecule has 3 heteroatoms. The second-order valence-corrected chi connectivity index (χ2v) is 7.01. The van der Waals surface area contributed by atoms with Gasteiger partial charge in [-0.15, -0.1) is 0 Å². The van der Waals surface area contributed by atoms with Crippen LogP contribution in [0.4, 0.5) is 5.69 Å². The van der Waals surface area contributed by atoms with Crippen LogP contribution >= 0.6 is 0 Å². The molecule has 1 atom stereocenters. The molecule has 3 nitrogen and oxygen atoms in total. The lowest BCUT2D eigenvalue weighted by atomic mass is 10.1. The van der Waals surface area contributed by atoms with Crippen LogP contribution in [0.2, 0.25) is 0 Å². The minimum Gasteiger partial charge on any atom is -0.291 e. The van der Waals surface area contributed by atoms with Crippen molar-refractivity contribution in [1.82, 2.24) is 4.90 Å². The predicted molar refractivity (Wildman–Crippen MR) is 97.1 cm³/mol. The van der Waals surface area contributed by atoms with Crippen LogP contribution in [0.5, 0.6) is 0 Å². The molecule has 2 aromatic carbocycles. The lowest BCUT2D eigenvalue weighted by Gasteiger charge is -2.28. The highest BCUT2D eigenvalue weighted by Crippen LogP contribution is 2.41. The fourth-order valence-electron chi connectivity index (χ4n) is 3.65. The normalized spacial score (nSPS) is 21.5. The van der Waals surface area contributed by atoms with Crippen molar-refractivity contribution in [2.45, 2.75) is 38.3 Å². The largest absolute Gasteiger partial charge is 0.291 e. The fraction of sp³-hybridized carbons (Fsp3) is 0.381. The monoisotopic (exact) mass is 320 g/mol. The van der Waals surface area contributed by atoms with Crippen molar-refractivity contribution < 1.29 is 4.79 Å². The van der Waals surface area contributed by atoms with Crippen molar-refractivity contribution in [2.24, 2.45) is 0 Å². The van der Waals surface area contributed by atoms with Crippen LogP contribution < -0.4 is 4.90 Å². The van der Waals surface area contributed by atoms with Crippen molar-refractivity contribution in [2.75, 3.05) is 18.5 Å². The predicted octanol–water partition coefficient (Wildman–Crippen LogP) is 4.10. The molecule has 2 aliphatic rings. The first-order valence-electron chi connectivity index (χ1n) is 8.88. The molecule has 1 aliphatic carbocycles. The standard InChI is InChI=1S/C21H24N2O/c1-3-15-4-12-19(13-5-15)23-20(24)14-22(2)21(23)18-10-8-17(9-11-18)16-6-7-16/h4-5,8-13,16,21H,3,6-7,14H2,1-2H3. The average Bonchev–Trinajstić information content (AvgIpc) is 3.40. The Morgan fingerprint density at radius 1 is 0.958 bits per heavy atom. The van der Waals surface area contributed by atoms with Crippen molar-refractivity contribution in [3.05, 3.63) is 65.2 Å². The van der Waals surface area contributed by atoms with Gasteiger partial charge in [-0.2, -0.15) is 0 Å². The van der Waals surface area contributed by atoms with E-state index in [0.29, 0.717) is 6.54 Å². The molecule has 2 aromatic rings. The molecule has 0 N–H and O–H groups in total. The third-order valence-corrected chi connectivity index (χ3v) is 5.22. The molecule has 1 aliphatic heterocycles. The summed E-state index contributed by atoms with van der Waals surface area (Å²) in [6.07, 6.45) is 3.63. The molecule has 0 bridgehead atoms. The van der Waals surface area contributed by atoms with Gasteiger partial charge in [-0.1, -0.05) is 43.3 Å². The van der Waals surface area contributed by atoms with Gasteiger partial charge in [0.25, 0.3) is 0 Å². The zero-order valence-corrected chi connectivity index (χ0v) is 14.4. The highest BCUT2D eigenvalue weighted by molar-refractivity contribution is 5.97. The van der Waals surface area contributed by atoms with Gasteiger partial charge in [0.1, 0.15) is 6.17 Å². The highest BCUT2D eigenvalue weighted by Gasteiger charge is 2.37. The number of rotatable bonds is 4. The number of carbonyl (C=O) groups excluding carboxylic acids is 1. The third kappa shape index (κ3) is 2.73. The lowest BCUT2D eigenvalue weighted by molar-refractivity contribution is -0.116. The molecule has 1 saturated heterocycles. The summed E-state index contributed by atoms with van der Waals surface area (Å²) in [5, 5.41) is 0. The average molecular weight is 320 g/mol. The summed E-state index contributed by atoms with van der Waals surface area (Å²) in [7, 11) is 2.03. The van der Waals surface area contributed by atoms with Crippen LogP contribution in [-0.2, 0) is 11.2 Å². The number of anilines is 1. The summed E-state index contributed by atoms with van der Waals surface area (Å²) in [5.74, 6) is 0.928. The molecular formula is C21H24N2O. The molecule has 24 heavy (non-hydrogen) atoms. The zero-order chi connectivity index (χ0) is 16.7. The van der Waals surface area contributed by atoms with E-state index in [1.54, 1.807) is 0 Å². The van der Waals surface area contributed by atoms with Gasteiger partial charge in [0.2, 0.25) is 5.91 Å². The summed E-state index contributed by atoms with van der Waals surface area (Å²) >= 11 is 0. The first-order chi connectivity index (χ1) is 11.7. The molecule has 1 amide bonds. The molecule has 0 spiro atoms. The van der Waals surface area contributed by atoms with Crippen LogP contribution in [0.3, 0.4) is 0 Å². The maximum Gasteiger partial charge on any atom is 0.242 e. The number of carbonyl (C=O) groups is 1. The number of amides is 1. The Hall–Kier alpha value is -2.13. The molecule has 4 rings (SSSR count). The lowest BCUT2D eigenvalue weighted by Crippen LogP contribution is -2.30. The third-order valence-electron chi connectivity index (χ3n) is 5.22.